The van der Waals surface area contributed by atoms with Crippen molar-refractivity contribution >= 4 is 17.1 Å². The second kappa shape index (κ2) is 8.01. The number of hydrogen-bond acceptors (Lipinski definition) is 5. The fraction of sp³-hybridized carbons (Fsp3) is 0.182. The second-order valence-corrected chi connectivity index (χ2v) is 6.41. The largest absolute Gasteiger partial charge is 0.508 e. The molecule has 0 radical (unpaired) electrons. The van der Waals surface area contributed by atoms with Crippen LogP contribution in [0.4, 0.5) is 17.1 Å². The Morgan fingerprint density at radius 2 is 1.15 bits per heavy atom. The van der Waals surface area contributed by atoms with Crippen molar-refractivity contribution in [2.24, 2.45) is 10.2 Å². The molecule has 5 heteroatoms. The molecule has 1 heterocycles. The summed E-state index contributed by atoms with van der Waals surface area (Å²) in [6.45, 7) is 3.48. The molecule has 0 amide bonds. The molecule has 1 N–H and O–H groups in total. The molecule has 3 aromatic carbocycles. The number of ether oxygens (including phenoxy) is 1. The van der Waals surface area contributed by atoms with Gasteiger partial charge in [0.25, 0.3) is 0 Å². The minimum atomic E-state index is 0.220. The lowest BCUT2D eigenvalue weighted by atomic mass is 10.0. The monoisotopic (exact) mass is 359 g/mol. The van der Waals surface area contributed by atoms with Gasteiger partial charge in [-0.2, -0.15) is 10.2 Å². The first-order valence-electron chi connectivity index (χ1n) is 9.02. The zero-order valence-electron chi connectivity index (χ0n) is 15.0. The molecule has 0 aliphatic carbocycles. The van der Waals surface area contributed by atoms with Gasteiger partial charge >= 0.3 is 0 Å². The van der Waals surface area contributed by atoms with Crippen LogP contribution in [0.1, 0.15) is 0 Å². The van der Waals surface area contributed by atoms with E-state index in [1.807, 2.05) is 12.1 Å². The summed E-state index contributed by atoms with van der Waals surface area (Å²) in [4.78, 5) is 2.35. The van der Waals surface area contributed by atoms with E-state index < -0.39 is 0 Å². The first kappa shape index (κ1) is 17.2. The van der Waals surface area contributed by atoms with Crippen molar-refractivity contribution in [3.05, 3.63) is 72.8 Å². The minimum absolute atomic E-state index is 0.220. The van der Waals surface area contributed by atoms with E-state index in [1.165, 1.54) is 11.3 Å². The fourth-order valence-electron chi connectivity index (χ4n) is 3.04. The van der Waals surface area contributed by atoms with Crippen molar-refractivity contribution in [3.63, 3.8) is 0 Å². The standard InChI is InChI=1S/C22H21N3O2/c26-22-11-7-20(8-12-22)24-23-19-5-1-17(2-6-19)18-3-9-21(10-4-18)25-13-15-27-16-14-25/h1-12,26H,13-16H2. The fourth-order valence-corrected chi connectivity index (χ4v) is 3.04. The Morgan fingerprint density at radius 1 is 0.667 bits per heavy atom. The Hall–Kier alpha value is -3.18. The maximum absolute atomic E-state index is 9.29. The Morgan fingerprint density at radius 3 is 1.70 bits per heavy atom. The zero-order valence-corrected chi connectivity index (χ0v) is 15.0. The SMILES string of the molecule is Oc1ccc(N=Nc2ccc(-c3ccc(N4CCOCC4)cc3)cc2)cc1. The van der Waals surface area contributed by atoms with Crippen LogP contribution in [-0.4, -0.2) is 31.4 Å². The molecule has 0 aromatic heterocycles. The van der Waals surface area contributed by atoms with E-state index in [-0.39, 0.29) is 5.75 Å². The Kier molecular flexibility index (Phi) is 5.12. The third-order valence-corrected chi connectivity index (χ3v) is 4.57. The third-order valence-electron chi connectivity index (χ3n) is 4.57. The summed E-state index contributed by atoms with van der Waals surface area (Å²) < 4.78 is 5.41. The van der Waals surface area contributed by atoms with E-state index in [0.29, 0.717) is 5.69 Å². The van der Waals surface area contributed by atoms with Gasteiger partial charge in [0.05, 0.1) is 24.6 Å². The van der Waals surface area contributed by atoms with Crippen LogP contribution < -0.4 is 4.90 Å². The second-order valence-electron chi connectivity index (χ2n) is 6.41. The van der Waals surface area contributed by atoms with E-state index in [1.54, 1.807) is 24.3 Å². The molecule has 0 saturated carbocycles. The molecule has 1 fully saturated rings. The van der Waals surface area contributed by atoms with E-state index >= 15 is 0 Å². The molecule has 0 spiro atoms. The Labute approximate surface area is 158 Å². The topological polar surface area (TPSA) is 57.4 Å². The maximum atomic E-state index is 9.29. The number of hydrogen-bond donors (Lipinski definition) is 1. The lowest BCUT2D eigenvalue weighted by Crippen LogP contribution is -2.36. The van der Waals surface area contributed by atoms with Gasteiger partial charge in [-0.05, 0) is 59.7 Å². The number of azo groups is 1. The van der Waals surface area contributed by atoms with Gasteiger partial charge in [0, 0.05) is 18.8 Å². The quantitative estimate of drug-likeness (QED) is 0.642. The highest BCUT2D eigenvalue weighted by Crippen LogP contribution is 2.27. The molecule has 27 heavy (non-hydrogen) atoms. The molecule has 5 nitrogen and oxygen atoms in total. The predicted octanol–water partition coefficient (Wildman–Crippen LogP) is 5.31. The van der Waals surface area contributed by atoms with Crippen LogP contribution in [0.15, 0.2) is 83.0 Å². The molecule has 3 aromatic rings. The molecule has 1 aliphatic rings. The lowest BCUT2D eigenvalue weighted by molar-refractivity contribution is 0.122. The molecule has 1 aliphatic heterocycles. The lowest BCUT2D eigenvalue weighted by Gasteiger charge is -2.28. The number of rotatable bonds is 4. The molecule has 1 saturated heterocycles. The van der Waals surface area contributed by atoms with Gasteiger partial charge in [0.2, 0.25) is 0 Å². The average Bonchev–Trinajstić information content (AvgIpc) is 2.75. The van der Waals surface area contributed by atoms with Crippen LogP contribution in [0.3, 0.4) is 0 Å². The van der Waals surface area contributed by atoms with Crippen molar-refractivity contribution < 1.29 is 9.84 Å². The molecule has 0 bridgehead atoms. The van der Waals surface area contributed by atoms with Gasteiger partial charge in [-0.25, -0.2) is 0 Å². The minimum Gasteiger partial charge on any atom is -0.508 e. The van der Waals surface area contributed by atoms with Gasteiger partial charge in [-0.1, -0.05) is 24.3 Å². The Bertz CT molecular complexity index is 898. The number of morpholine rings is 1. The van der Waals surface area contributed by atoms with Crippen LogP contribution in [-0.2, 0) is 4.74 Å². The van der Waals surface area contributed by atoms with Gasteiger partial charge in [-0.3, -0.25) is 0 Å². The van der Waals surface area contributed by atoms with E-state index in [9.17, 15) is 5.11 Å². The number of nitrogens with zero attached hydrogens (tertiary/aromatic N) is 3. The van der Waals surface area contributed by atoms with Gasteiger partial charge in [-0.15, -0.1) is 0 Å². The zero-order chi connectivity index (χ0) is 18.5. The van der Waals surface area contributed by atoms with Gasteiger partial charge in [0.1, 0.15) is 5.75 Å². The van der Waals surface area contributed by atoms with Crippen molar-refractivity contribution in [1.29, 1.82) is 0 Å². The summed E-state index contributed by atoms with van der Waals surface area (Å²) in [7, 11) is 0. The molecular formula is C22H21N3O2. The van der Waals surface area contributed by atoms with Crippen molar-refractivity contribution in [2.45, 2.75) is 0 Å². The molecular weight excluding hydrogens is 338 g/mol. The molecule has 0 atom stereocenters. The van der Waals surface area contributed by atoms with Crippen molar-refractivity contribution in [2.75, 3.05) is 31.2 Å². The van der Waals surface area contributed by atoms with E-state index in [4.69, 9.17) is 4.74 Å². The van der Waals surface area contributed by atoms with E-state index in [2.05, 4.69) is 51.5 Å². The Balaban J connectivity index is 1.44. The number of aromatic hydroxyl groups is 1. The first-order chi connectivity index (χ1) is 13.3. The first-order valence-corrected chi connectivity index (χ1v) is 9.02. The van der Waals surface area contributed by atoms with Crippen LogP contribution in [0.25, 0.3) is 11.1 Å². The molecule has 0 unspecified atom stereocenters. The summed E-state index contributed by atoms with van der Waals surface area (Å²) in [6, 6.07) is 23.3. The predicted molar refractivity (Wildman–Crippen MR) is 107 cm³/mol. The smallest absolute Gasteiger partial charge is 0.115 e. The number of phenolic OH excluding ortho intramolecular Hbond substituents is 1. The van der Waals surface area contributed by atoms with Crippen LogP contribution >= 0.6 is 0 Å². The van der Waals surface area contributed by atoms with Crippen LogP contribution in [0.2, 0.25) is 0 Å². The van der Waals surface area contributed by atoms with Crippen LogP contribution in [0.5, 0.6) is 5.75 Å². The summed E-state index contributed by atoms with van der Waals surface area (Å²) in [6.07, 6.45) is 0. The van der Waals surface area contributed by atoms with E-state index in [0.717, 1.165) is 37.6 Å². The van der Waals surface area contributed by atoms with Gasteiger partial charge in [0.15, 0.2) is 0 Å². The third kappa shape index (κ3) is 4.33. The number of anilines is 1. The van der Waals surface area contributed by atoms with Crippen LogP contribution in [0, 0.1) is 0 Å². The highest BCUT2D eigenvalue weighted by molar-refractivity contribution is 5.68. The molecule has 136 valence electrons. The average molecular weight is 359 g/mol. The summed E-state index contributed by atoms with van der Waals surface area (Å²) in [5, 5.41) is 17.7. The summed E-state index contributed by atoms with van der Waals surface area (Å²) in [5.41, 5.74) is 5.05. The normalized spacial score (nSPS) is 14.6. The highest BCUT2D eigenvalue weighted by Gasteiger charge is 2.10. The summed E-state index contributed by atoms with van der Waals surface area (Å²) >= 11 is 0. The number of phenols is 1. The maximum Gasteiger partial charge on any atom is 0.115 e. The van der Waals surface area contributed by atoms with Crippen molar-refractivity contribution in [1.82, 2.24) is 0 Å². The summed E-state index contributed by atoms with van der Waals surface area (Å²) in [5.74, 6) is 0.220. The van der Waals surface area contributed by atoms with Gasteiger partial charge < -0.3 is 14.7 Å². The number of benzene rings is 3. The highest BCUT2D eigenvalue weighted by atomic mass is 16.5. The van der Waals surface area contributed by atoms with Crippen molar-refractivity contribution in [3.8, 4) is 16.9 Å². The molecule has 4 rings (SSSR count).